The summed E-state index contributed by atoms with van der Waals surface area (Å²) in [5.74, 6) is -0.319. The number of morpholine rings is 1. The number of hydrogen-bond donors (Lipinski definition) is 0. The summed E-state index contributed by atoms with van der Waals surface area (Å²) in [5, 5.41) is 4.60. The van der Waals surface area contributed by atoms with Crippen molar-refractivity contribution in [2.24, 2.45) is 7.05 Å². The van der Waals surface area contributed by atoms with Gasteiger partial charge in [-0.3, -0.25) is 9.58 Å². The van der Waals surface area contributed by atoms with Crippen molar-refractivity contribution in [3.63, 3.8) is 0 Å². The molecule has 0 spiro atoms. The fourth-order valence-electron chi connectivity index (χ4n) is 3.16. The lowest BCUT2D eigenvalue weighted by molar-refractivity contribution is -0.166. The first-order valence-electron chi connectivity index (χ1n) is 8.10. The number of ether oxygens (including phenoxy) is 2. The summed E-state index contributed by atoms with van der Waals surface area (Å²) in [6.07, 6.45) is 1.49. The van der Waals surface area contributed by atoms with Gasteiger partial charge in [0.15, 0.2) is 6.10 Å². The molecular weight excluding hydrogens is 306 g/mol. The number of aromatic nitrogens is 2. The van der Waals surface area contributed by atoms with Crippen LogP contribution in [0.15, 0.2) is 36.5 Å². The Morgan fingerprint density at radius 3 is 2.79 bits per heavy atom. The molecule has 1 aliphatic rings. The highest BCUT2D eigenvalue weighted by Crippen LogP contribution is 2.24. The Kier molecular flexibility index (Phi) is 4.97. The predicted octanol–water partition coefficient (Wildman–Crippen LogP) is 1.85. The van der Waals surface area contributed by atoms with Crippen molar-refractivity contribution in [1.82, 2.24) is 14.7 Å². The maximum absolute atomic E-state index is 11.8. The zero-order valence-electron chi connectivity index (χ0n) is 14.3. The van der Waals surface area contributed by atoms with Crippen LogP contribution >= 0.6 is 0 Å². The summed E-state index contributed by atoms with van der Waals surface area (Å²) in [6, 6.07) is 10.1. The largest absolute Gasteiger partial charge is 0.467 e. The van der Waals surface area contributed by atoms with Gasteiger partial charge in [-0.2, -0.15) is 5.10 Å². The average molecular weight is 329 g/mol. The number of hydrogen-bond acceptors (Lipinski definition) is 5. The van der Waals surface area contributed by atoms with Crippen LogP contribution in [0, 0.1) is 0 Å². The monoisotopic (exact) mass is 329 g/mol. The molecule has 2 aromatic rings. The van der Waals surface area contributed by atoms with E-state index in [1.807, 2.05) is 43.0 Å². The van der Waals surface area contributed by atoms with Crippen molar-refractivity contribution in [1.29, 1.82) is 0 Å². The molecule has 1 aliphatic heterocycles. The summed E-state index contributed by atoms with van der Waals surface area (Å²) in [5.41, 5.74) is 3.22. The van der Waals surface area contributed by atoms with Crippen molar-refractivity contribution >= 4 is 5.97 Å². The van der Waals surface area contributed by atoms with E-state index in [2.05, 4.69) is 22.1 Å². The van der Waals surface area contributed by atoms with E-state index in [1.54, 1.807) is 0 Å². The summed E-state index contributed by atoms with van der Waals surface area (Å²) in [7, 11) is 3.32. The van der Waals surface area contributed by atoms with Crippen LogP contribution in [0.2, 0.25) is 0 Å². The van der Waals surface area contributed by atoms with E-state index in [4.69, 9.17) is 9.47 Å². The summed E-state index contributed by atoms with van der Waals surface area (Å²) in [4.78, 5) is 14.0. The number of benzene rings is 1. The van der Waals surface area contributed by atoms with Gasteiger partial charge < -0.3 is 9.47 Å². The maximum Gasteiger partial charge on any atom is 0.336 e. The Labute approximate surface area is 142 Å². The lowest BCUT2D eigenvalue weighted by atomic mass is 10.1. The minimum atomic E-state index is -0.532. The number of carbonyl (C=O) groups excluding carboxylic acids is 1. The van der Waals surface area contributed by atoms with Crippen LogP contribution < -0.4 is 0 Å². The number of nitrogens with zero attached hydrogens (tertiary/aromatic N) is 3. The third kappa shape index (κ3) is 3.66. The Hall–Kier alpha value is -2.18. The topological polar surface area (TPSA) is 56.6 Å². The van der Waals surface area contributed by atoms with Crippen LogP contribution in [-0.4, -0.2) is 53.1 Å². The minimum Gasteiger partial charge on any atom is -0.467 e. The second-order valence-corrected chi connectivity index (χ2v) is 6.20. The number of methoxy groups -OCH3 is 1. The summed E-state index contributed by atoms with van der Waals surface area (Å²) in [6.45, 7) is 4.00. The number of carbonyl (C=O) groups is 1. The molecule has 0 bridgehead atoms. The van der Waals surface area contributed by atoms with Crippen LogP contribution in [0.1, 0.15) is 12.5 Å². The number of aryl methyl sites for hydroxylation is 1. The van der Waals surface area contributed by atoms with Gasteiger partial charge in [-0.15, -0.1) is 0 Å². The van der Waals surface area contributed by atoms with Crippen LogP contribution in [0.25, 0.3) is 11.3 Å². The van der Waals surface area contributed by atoms with E-state index >= 15 is 0 Å². The van der Waals surface area contributed by atoms with E-state index < -0.39 is 6.10 Å². The first-order valence-corrected chi connectivity index (χ1v) is 8.10. The van der Waals surface area contributed by atoms with Crippen LogP contribution in [0.3, 0.4) is 0 Å². The zero-order valence-corrected chi connectivity index (χ0v) is 14.3. The molecule has 2 atom stereocenters. The Bertz CT molecular complexity index is 699. The number of esters is 1. The Balaban J connectivity index is 1.80. The van der Waals surface area contributed by atoms with E-state index in [1.165, 1.54) is 7.11 Å². The van der Waals surface area contributed by atoms with Gasteiger partial charge in [-0.1, -0.05) is 30.3 Å². The van der Waals surface area contributed by atoms with E-state index in [0.29, 0.717) is 6.54 Å². The molecule has 0 radical (unpaired) electrons. The quantitative estimate of drug-likeness (QED) is 0.801. The van der Waals surface area contributed by atoms with E-state index in [-0.39, 0.29) is 12.1 Å². The maximum atomic E-state index is 11.8. The fraction of sp³-hybridized carbons (Fsp3) is 0.444. The molecule has 1 saturated heterocycles. The normalized spacial score (nSPS) is 21.6. The van der Waals surface area contributed by atoms with Gasteiger partial charge in [0.25, 0.3) is 0 Å². The van der Waals surface area contributed by atoms with Crippen molar-refractivity contribution in [3.8, 4) is 11.3 Å². The second kappa shape index (κ2) is 7.15. The zero-order chi connectivity index (χ0) is 17.1. The minimum absolute atomic E-state index is 0.0142. The van der Waals surface area contributed by atoms with Crippen LogP contribution in [0.5, 0.6) is 0 Å². The van der Waals surface area contributed by atoms with E-state index in [0.717, 1.165) is 29.9 Å². The molecule has 24 heavy (non-hydrogen) atoms. The SMILES string of the molecule is COC(=O)C1CN(Cc2cn(C)nc2-c2ccccc2)C[C@@H](C)O1. The van der Waals surface area contributed by atoms with Crippen molar-refractivity contribution in [2.75, 3.05) is 20.2 Å². The smallest absolute Gasteiger partial charge is 0.336 e. The molecule has 1 aromatic carbocycles. The molecule has 1 fully saturated rings. The van der Waals surface area contributed by atoms with Gasteiger partial charge in [0.05, 0.1) is 18.9 Å². The van der Waals surface area contributed by atoms with Crippen molar-refractivity contribution in [2.45, 2.75) is 25.7 Å². The molecule has 6 heteroatoms. The van der Waals surface area contributed by atoms with Crippen molar-refractivity contribution < 1.29 is 14.3 Å². The molecule has 3 rings (SSSR count). The van der Waals surface area contributed by atoms with Gasteiger partial charge >= 0.3 is 5.97 Å². The van der Waals surface area contributed by atoms with Gasteiger partial charge in [0, 0.05) is 44.0 Å². The van der Waals surface area contributed by atoms with Gasteiger partial charge in [0.1, 0.15) is 0 Å². The van der Waals surface area contributed by atoms with Gasteiger partial charge in [0.2, 0.25) is 0 Å². The van der Waals surface area contributed by atoms with Crippen molar-refractivity contribution in [3.05, 3.63) is 42.1 Å². The molecule has 0 amide bonds. The highest BCUT2D eigenvalue weighted by Gasteiger charge is 2.31. The first kappa shape index (κ1) is 16.7. The fourth-order valence-corrected chi connectivity index (χ4v) is 3.16. The lowest BCUT2D eigenvalue weighted by Gasteiger charge is -2.35. The predicted molar refractivity (Wildman–Crippen MR) is 90.3 cm³/mol. The molecule has 1 aromatic heterocycles. The standard InChI is InChI=1S/C18H23N3O3/c1-13-9-21(12-16(24-13)18(22)23-3)11-15-10-20(2)19-17(15)14-7-5-4-6-8-14/h4-8,10,13,16H,9,11-12H2,1-3H3/t13-,16?/m1/s1. The molecular formula is C18H23N3O3. The molecule has 2 heterocycles. The lowest BCUT2D eigenvalue weighted by Crippen LogP contribution is -2.49. The van der Waals surface area contributed by atoms with Crippen LogP contribution in [0.4, 0.5) is 0 Å². The third-order valence-corrected chi connectivity index (χ3v) is 4.15. The summed E-state index contributed by atoms with van der Waals surface area (Å²) < 4.78 is 12.3. The second-order valence-electron chi connectivity index (χ2n) is 6.20. The molecule has 1 unspecified atom stereocenters. The van der Waals surface area contributed by atoms with Gasteiger partial charge in [-0.25, -0.2) is 4.79 Å². The molecule has 128 valence electrons. The highest BCUT2D eigenvalue weighted by molar-refractivity contribution is 5.75. The number of rotatable bonds is 4. The average Bonchev–Trinajstić information content (AvgIpc) is 2.94. The van der Waals surface area contributed by atoms with Gasteiger partial charge in [-0.05, 0) is 6.92 Å². The summed E-state index contributed by atoms with van der Waals surface area (Å²) >= 11 is 0. The van der Waals surface area contributed by atoms with Crippen LogP contribution in [-0.2, 0) is 27.9 Å². The molecule has 0 N–H and O–H groups in total. The highest BCUT2D eigenvalue weighted by atomic mass is 16.6. The Morgan fingerprint density at radius 2 is 2.08 bits per heavy atom. The molecule has 0 aliphatic carbocycles. The molecule has 6 nitrogen and oxygen atoms in total. The van der Waals surface area contributed by atoms with E-state index in [9.17, 15) is 4.79 Å². The first-order chi connectivity index (χ1) is 11.6. The molecule has 0 saturated carbocycles. The Morgan fingerprint density at radius 1 is 1.33 bits per heavy atom. The third-order valence-electron chi connectivity index (χ3n) is 4.15.